The van der Waals surface area contributed by atoms with E-state index >= 15 is 0 Å². The van der Waals surface area contributed by atoms with Gasteiger partial charge in [-0.2, -0.15) is 0 Å². The lowest BCUT2D eigenvalue weighted by Gasteiger charge is -2.35. The number of carbonyl (C=O) groups is 2. The molecule has 2 unspecified atom stereocenters. The van der Waals surface area contributed by atoms with Gasteiger partial charge in [0.05, 0.1) is 6.10 Å². The summed E-state index contributed by atoms with van der Waals surface area (Å²) in [6.07, 6.45) is 3.77. The van der Waals surface area contributed by atoms with E-state index in [2.05, 4.69) is 5.32 Å². The van der Waals surface area contributed by atoms with Crippen LogP contribution in [0, 0.1) is 0 Å². The largest absolute Gasteiger partial charge is 0.391 e. The molecule has 24 heavy (non-hydrogen) atoms. The van der Waals surface area contributed by atoms with E-state index in [4.69, 9.17) is 0 Å². The Kier molecular flexibility index (Phi) is 7.25. The van der Waals surface area contributed by atoms with Gasteiger partial charge in [0.1, 0.15) is 6.04 Å². The quantitative estimate of drug-likeness (QED) is 0.801. The molecule has 1 aromatic carbocycles. The Bertz CT molecular complexity index is 533. The Hall–Kier alpha value is -1.88. The van der Waals surface area contributed by atoms with Crippen LogP contribution in [0.1, 0.15) is 44.6 Å². The lowest BCUT2D eigenvalue weighted by Crippen LogP contribution is -2.52. The highest BCUT2D eigenvalue weighted by Gasteiger charge is 2.31. The van der Waals surface area contributed by atoms with Crippen molar-refractivity contribution in [3.63, 3.8) is 0 Å². The lowest BCUT2D eigenvalue weighted by atomic mass is 10.0. The van der Waals surface area contributed by atoms with Crippen molar-refractivity contribution in [3.05, 3.63) is 35.9 Å². The summed E-state index contributed by atoms with van der Waals surface area (Å²) in [5.74, 6) is -0.0894. The molecule has 2 amide bonds. The second kappa shape index (κ2) is 9.42. The molecule has 0 spiro atoms. The molecule has 0 bridgehead atoms. The standard InChI is InChI=1S/C19H28N2O3/c1-2-8-18(23)21-12-7-6-11-17(21)19(24)20-14-16(22)13-15-9-4-3-5-10-15/h3-5,9-10,16-17,22H,2,6-8,11-14H2,1H3,(H,20,24). The van der Waals surface area contributed by atoms with Crippen LogP contribution in [0.4, 0.5) is 0 Å². The van der Waals surface area contributed by atoms with Gasteiger partial charge < -0.3 is 15.3 Å². The zero-order valence-corrected chi connectivity index (χ0v) is 14.4. The number of carbonyl (C=O) groups excluding carboxylic acids is 2. The number of rotatable bonds is 7. The minimum atomic E-state index is -0.625. The molecule has 2 atom stereocenters. The van der Waals surface area contributed by atoms with Gasteiger partial charge in [0.2, 0.25) is 11.8 Å². The smallest absolute Gasteiger partial charge is 0.242 e. The van der Waals surface area contributed by atoms with Gasteiger partial charge in [0, 0.05) is 25.9 Å². The van der Waals surface area contributed by atoms with E-state index in [-0.39, 0.29) is 24.4 Å². The fourth-order valence-corrected chi connectivity index (χ4v) is 3.15. The van der Waals surface area contributed by atoms with Crippen LogP contribution in [-0.2, 0) is 16.0 Å². The first-order valence-corrected chi connectivity index (χ1v) is 8.91. The first-order valence-electron chi connectivity index (χ1n) is 8.91. The third-order valence-electron chi connectivity index (χ3n) is 4.42. The van der Waals surface area contributed by atoms with E-state index < -0.39 is 6.10 Å². The van der Waals surface area contributed by atoms with Crippen LogP contribution < -0.4 is 5.32 Å². The van der Waals surface area contributed by atoms with Crippen molar-refractivity contribution in [2.75, 3.05) is 13.1 Å². The number of aliphatic hydroxyl groups excluding tert-OH is 1. The Labute approximate surface area is 144 Å². The third kappa shape index (κ3) is 5.34. The van der Waals surface area contributed by atoms with Crippen LogP contribution in [0.25, 0.3) is 0 Å². The van der Waals surface area contributed by atoms with E-state index in [0.717, 1.165) is 24.8 Å². The van der Waals surface area contributed by atoms with Crippen LogP contribution in [0.3, 0.4) is 0 Å². The molecule has 0 aromatic heterocycles. The molecule has 1 fully saturated rings. The monoisotopic (exact) mass is 332 g/mol. The molecule has 5 heteroatoms. The molecular formula is C19H28N2O3. The Morgan fingerprint density at radius 1 is 1.29 bits per heavy atom. The van der Waals surface area contributed by atoms with Crippen molar-refractivity contribution in [1.82, 2.24) is 10.2 Å². The van der Waals surface area contributed by atoms with Gasteiger partial charge in [-0.1, -0.05) is 37.3 Å². The summed E-state index contributed by atoms with van der Waals surface area (Å²) in [4.78, 5) is 26.4. The SMILES string of the molecule is CCCC(=O)N1CCCCC1C(=O)NCC(O)Cc1ccccc1. The number of hydrogen-bond acceptors (Lipinski definition) is 3. The molecular weight excluding hydrogens is 304 g/mol. The summed E-state index contributed by atoms with van der Waals surface area (Å²) in [5.41, 5.74) is 1.04. The average molecular weight is 332 g/mol. The van der Waals surface area contributed by atoms with E-state index in [9.17, 15) is 14.7 Å². The predicted molar refractivity (Wildman–Crippen MR) is 93.4 cm³/mol. The van der Waals surface area contributed by atoms with Gasteiger partial charge in [-0.15, -0.1) is 0 Å². The Morgan fingerprint density at radius 3 is 2.75 bits per heavy atom. The fourth-order valence-electron chi connectivity index (χ4n) is 3.15. The second-order valence-corrected chi connectivity index (χ2v) is 6.44. The molecule has 0 saturated carbocycles. The van der Waals surface area contributed by atoms with Crippen molar-refractivity contribution >= 4 is 11.8 Å². The summed E-state index contributed by atoms with van der Waals surface area (Å²) in [7, 11) is 0. The van der Waals surface area contributed by atoms with Gasteiger partial charge in [-0.3, -0.25) is 9.59 Å². The van der Waals surface area contributed by atoms with Crippen molar-refractivity contribution in [1.29, 1.82) is 0 Å². The van der Waals surface area contributed by atoms with E-state index in [1.54, 1.807) is 4.90 Å². The van der Waals surface area contributed by atoms with Crippen LogP contribution in [-0.4, -0.2) is 47.1 Å². The van der Waals surface area contributed by atoms with Gasteiger partial charge in [-0.25, -0.2) is 0 Å². The number of aliphatic hydroxyl groups is 1. The van der Waals surface area contributed by atoms with E-state index in [1.165, 1.54) is 0 Å². The fraction of sp³-hybridized carbons (Fsp3) is 0.579. The molecule has 1 aromatic rings. The predicted octanol–water partition coefficient (Wildman–Crippen LogP) is 1.89. The molecule has 1 saturated heterocycles. The van der Waals surface area contributed by atoms with Crippen molar-refractivity contribution in [2.45, 2.75) is 57.6 Å². The molecule has 132 valence electrons. The topological polar surface area (TPSA) is 69.6 Å². The third-order valence-corrected chi connectivity index (χ3v) is 4.42. The number of benzene rings is 1. The minimum Gasteiger partial charge on any atom is -0.391 e. The molecule has 1 heterocycles. The summed E-state index contributed by atoms with van der Waals surface area (Å²) in [5, 5.41) is 12.9. The Morgan fingerprint density at radius 2 is 2.04 bits per heavy atom. The van der Waals surface area contributed by atoms with Crippen LogP contribution >= 0.6 is 0 Å². The molecule has 0 aliphatic carbocycles. The van der Waals surface area contributed by atoms with Gasteiger partial charge >= 0.3 is 0 Å². The van der Waals surface area contributed by atoms with E-state index in [0.29, 0.717) is 25.8 Å². The lowest BCUT2D eigenvalue weighted by molar-refractivity contribution is -0.142. The maximum Gasteiger partial charge on any atom is 0.242 e. The minimum absolute atomic E-state index is 0.0576. The first-order chi connectivity index (χ1) is 11.6. The number of piperidine rings is 1. The molecule has 1 aliphatic rings. The molecule has 0 radical (unpaired) electrons. The molecule has 5 nitrogen and oxygen atoms in total. The highest BCUT2D eigenvalue weighted by atomic mass is 16.3. The zero-order valence-electron chi connectivity index (χ0n) is 14.4. The van der Waals surface area contributed by atoms with Gasteiger partial charge in [-0.05, 0) is 31.2 Å². The number of amides is 2. The zero-order chi connectivity index (χ0) is 17.4. The summed E-state index contributed by atoms with van der Waals surface area (Å²) in [6, 6.07) is 9.32. The number of nitrogens with zero attached hydrogens (tertiary/aromatic N) is 1. The van der Waals surface area contributed by atoms with Crippen molar-refractivity contribution in [3.8, 4) is 0 Å². The molecule has 2 rings (SSSR count). The number of hydrogen-bond donors (Lipinski definition) is 2. The number of likely N-dealkylation sites (tertiary alicyclic amines) is 1. The normalized spacial score (nSPS) is 18.9. The van der Waals surface area contributed by atoms with Gasteiger partial charge in [0.25, 0.3) is 0 Å². The molecule has 2 N–H and O–H groups in total. The summed E-state index contributed by atoms with van der Waals surface area (Å²) >= 11 is 0. The summed E-state index contributed by atoms with van der Waals surface area (Å²) < 4.78 is 0. The Balaban J connectivity index is 1.84. The highest BCUT2D eigenvalue weighted by Crippen LogP contribution is 2.18. The molecule has 1 aliphatic heterocycles. The number of nitrogens with one attached hydrogen (secondary N) is 1. The second-order valence-electron chi connectivity index (χ2n) is 6.44. The first kappa shape index (κ1) is 18.5. The maximum absolute atomic E-state index is 12.5. The van der Waals surface area contributed by atoms with Crippen LogP contribution in [0.2, 0.25) is 0 Å². The van der Waals surface area contributed by atoms with Crippen molar-refractivity contribution in [2.24, 2.45) is 0 Å². The summed E-state index contributed by atoms with van der Waals surface area (Å²) in [6.45, 7) is 2.83. The van der Waals surface area contributed by atoms with Crippen molar-refractivity contribution < 1.29 is 14.7 Å². The van der Waals surface area contributed by atoms with E-state index in [1.807, 2.05) is 37.3 Å². The maximum atomic E-state index is 12.5. The highest BCUT2D eigenvalue weighted by molar-refractivity contribution is 5.87. The van der Waals surface area contributed by atoms with Crippen LogP contribution in [0.15, 0.2) is 30.3 Å². The van der Waals surface area contributed by atoms with Gasteiger partial charge in [0.15, 0.2) is 0 Å². The van der Waals surface area contributed by atoms with Crippen LogP contribution in [0.5, 0.6) is 0 Å². The average Bonchev–Trinajstić information content (AvgIpc) is 2.61.